The number of rotatable bonds is 5. The van der Waals surface area contributed by atoms with Crippen molar-refractivity contribution in [2.45, 2.75) is 32.3 Å². The molecule has 3 amide bonds. The van der Waals surface area contributed by atoms with Crippen molar-refractivity contribution >= 4 is 29.4 Å². The number of anilines is 1. The molecule has 2 aliphatic rings. The highest BCUT2D eigenvalue weighted by Crippen LogP contribution is 2.32. The largest absolute Gasteiger partial charge is 0.481 e. The van der Waals surface area contributed by atoms with E-state index in [1.165, 1.54) is 0 Å². The number of fused-ring (bicyclic) bond motifs is 1. The van der Waals surface area contributed by atoms with E-state index in [-0.39, 0.29) is 36.6 Å². The first kappa shape index (κ1) is 19.7. The number of carboxylic acids is 1. The fourth-order valence-electron chi connectivity index (χ4n) is 3.33. The quantitative estimate of drug-likeness (QED) is 0.655. The van der Waals surface area contributed by atoms with E-state index in [1.54, 1.807) is 30.0 Å². The molecule has 9 heteroatoms. The highest BCUT2D eigenvalue weighted by Gasteiger charge is 2.29. The molecule has 2 aliphatic heterocycles. The number of hydrogen-bond donors (Lipinski definition) is 3. The summed E-state index contributed by atoms with van der Waals surface area (Å²) in [4.78, 5) is 48.7. The van der Waals surface area contributed by atoms with Gasteiger partial charge >= 0.3 is 12.0 Å². The zero-order valence-corrected chi connectivity index (χ0v) is 15.6. The molecule has 1 aromatic carbocycles. The number of benzene rings is 1. The van der Waals surface area contributed by atoms with Crippen molar-refractivity contribution in [3.8, 4) is 5.75 Å². The predicted octanol–water partition coefficient (Wildman–Crippen LogP) is 1.48. The van der Waals surface area contributed by atoms with Crippen LogP contribution in [0, 0.1) is 5.92 Å². The summed E-state index contributed by atoms with van der Waals surface area (Å²) in [5.74, 6) is -0.914. The van der Waals surface area contributed by atoms with Crippen molar-refractivity contribution in [1.82, 2.24) is 10.2 Å². The van der Waals surface area contributed by atoms with Crippen LogP contribution < -0.4 is 15.4 Å². The molecule has 9 nitrogen and oxygen atoms in total. The van der Waals surface area contributed by atoms with Gasteiger partial charge in [0.2, 0.25) is 0 Å². The number of hydrogen-bond acceptors (Lipinski definition) is 5. The summed E-state index contributed by atoms with van der Waals surface area (Å²) in [5, 5.41) is 13.9. The van der Waals surface area contributed by atoms with E-state index in [1.807, 2.05) is 0 Å². The van der Waals surface area contributed by atoms with E-state index >= 15 is 0 Å². The number of carbonyl (C=O) groups is 4. The van der Waals surface area contributed by atoms with Crippen molar-refractivity contribution in [2.24, 2.45) is 5.92 Å². The Labute approximate surface area is 162 Å². The smallest absolute Gasteiger partial charge is 0.317 e. The second-order valence-corrected chi connectivity index (χ2v) is 6.96. The molecule has 1 aromatic rings. The lowest BCUT2D eigenvalue weighted by atomic mass is 9.88. The first-order chi connectivity index (χ1) is 13.3. The number of likely N-dealkylation sites (tertiary alicyclic amines) is 1. The van der Waals surface area contributed by atoms with E-state index in [0.29, 0.717) is 42.9 Å². The van der Waals surface area contributed by atoms with Crippen molar-refractivity contribution in [3.63, 3.8) is 0 Å². The Morgan fingerprint density at radius 1 is 1.29 bits per heavy atom. The highest BCUT2D eigenvalue weighted by atomic mass is 16.5. The monoisotopic (exact) mass is 389 g/mol. The van der Waals surface area contributed by atoms with E-state index < -0.39 is 12.1 Å². The lowest BCUT2D eigenvalue weighted by Gasteiger charge is -2.31. The number of aliphatic carboxylic acids is 1. The molecular formula is C19H23N3O6. The Morgan fingerprint density at radius 2 is 2.00 bits per heavy atom. The highest BCUT2D eigenvalue weighted by molar-refractivity contribution is 6.02. The molecule has 0 spiro atoms. The van der Waals surface area contributed by atoms with Gasteiger partial charge in [0, 0.05) is 31.1 Å². The molecule has 0 aliphatic carbocycles. The molecule has 1 atom stereocenters. The molecule has 28 heavy (non-hydrogen) atoms. The van der Waals surface area contributed by atoms with Gasteiger partial charge in [-0.1, -0.05) is 0 Å². The Bertz CT molecular complexity index is 801. The van der Waals surface area contributed by atoms with Crippen LogP contribution in [0.1, 0.15) is 36.5 Å². The third-order valence-electron chi connectivity index (χ3n) is 4.96. The molecule has 3 rings (SSSR count). The Kier molecular flexibility index (Phi) is 5.81. The van der Waals surface area contributed by atoms with E-state index in [0.717, 1.165) is 0 Å². The first-order valence-corrected chi connectivity index (χ1v) is 9.25. The average Bonchev–Trinajstić information content (AvgIpc) is 2.67. The van der Waals surface area contributed by atoms with Gasteiger partial charge in [0.1, 0.15) is 5.75 Å². The van der Waals surface area contributed by atoms with Crippen molar-refractivity contribution in [3.05, 3.63) is 23.8 Å². The summed E-state index contributed by atoms with van der Waals surface area (Å²) in [6.07, 6.45) is 0.363. The fraction of sp³-hybridized carbons (Fsp3) is 0.474. The second-order valence-electron chi connectivity index (χ2n) is 6.96. The number of nitrogens with one attached hydrogen (secondary N) is 2. The Balaban J connectivity index is 1.55. The average molecular weight is 389 g/mol. The van der Waals surface area contributed by atoms with Crippen LogP contribution in [0.2, 0.25) is 0 Å². The standard InChI is InChI=1S/C19H23N3O6/c1-11-18(26)21-14-10-13(2-3-15(14)28-11)17(25)12-5-8-22(9-6-12)19(27)20-7-4-16(23)24/h2-3,10-12H,4-9H2,1H3,(H,20,27)(H,21,26)(H,23,24). The molecule has 1 saturated heterocycles. The SMILES string of the molecule is CC1Oc2ccc(C(=O)C3CCN(C(=O)NCCC(=O)O)CC3)cc2NC1=O. The number of ether oxygens (including phenoxy) is 1. The number of piperidine rings is 1. The molecule has 0 aromatic heterocycles. The van der Waals surface area contributed by atoms with Crippen molar-refractivity contribution in [2.75, 3.05) is 25.0 Å². The lowest BCUT2D eigenvalue weighted by Crippen LogP contribution is -2.45. The van der Waals surface area contributed by atoms with Crippen LogP contribution in [-0.4, -0.2) is 59.4 Å². The third kappa shape index (κ3) is 4.41. The summed E-state index contributed by atoms with van der Waals surface area (Å²) >= 11 is 0. The maximum atomic E-state index is 12.8. The van der Waals surface area contributed by atoms with Crippen LogP contribution in [0.25, 0.3) is 0 Å². The van der Waals surface area contributed by atoms with Crippen molar-refractivity contribution in [1.29, 1.82) is 0 Å². The molecule has 150 valence electrons. The number of amides is 3. The Morgan fingerprint density at radius 3 is 2.68 bits per heavy atom. The van der Waals surface area contributed by atoms with Gasteiger partial charge < -0.3 is 25.4 Å². The zero-order valence-electron chi connectivity index (χ0n) is 15.6. The van der Waals surface area contributed by atoms with Gasteiger partial charge in [0.05, 0.1) is 12.1 Å². The summed E-state index contributed by atoms with van der Waals surface area (Å²) < 4.78 is 5.50. The molecule has 1 unspecified atom stereocenters. The Hall–Kier alpha value is -3.10. The van der Waals surface area contributed by atoms with Crippen molar-refractivity contribution < 1.29 is 29.0 Å². The minimum atomic E-state index is -0.967. The number of carbonyl (C=O) groups excluding carboxylic acids is 3. The third-order valence-corrected chi connectivity index (χ3v) is 4.96. The van der Waals surface area contributed by atoms with Crippen LogP contribution in [0.5, 0.6) is 5.75 Å². The van der Waals surface area contributed by atoms with Gasteiger partial charge in [-0.25, -0.2) is 4.79 Å². The van der Waals surface area contributed by atoms with Gasteiger partial charge in [-0.2, -0.15) is 0 Å². The van der Waals surface area contributed by atoms with Gasteiger partial charge in [0.15, 0.2) is 11.9 Å². The molecule has 0 bridgehead atoms. The molecule has 0 saturated carbocycles. The van der Waals surface area contributed by atoms with Crippen LogP contribution in [-0.2, 0) is 9.59 Å². The number of urea groups is 1. The number of ketones is 1. The zero-order chi connectivity index (χ0) is 20.3. The van der Waals surface area contributed by atoms with Gasteiger partial charge in [-0.05, 0) is 38.0 Å². The number of Topliss-reactive ketones (excluding diaryl/α,β-unsaturated/α-hetero) is 1. The summed E-state index contributed by atoms with van der Waals surface area (Å²) in [6, 6.07) is 4.70. The number of nitrogens with zero attached hydrogens (tertiary/aromatic N) is 1. The van der Waals surface area contributed by atoms with E-state index in [4.69, 9.17) is 9.84 Å². The van der Waals surface area contributed by atoms with Crippen LogP contribution >= 0.6 is 0 Å². The minimum absolute atomic E-state index is 0.0263. The molecule has 2 heterocycles. The second kappa shape index (κ2) is 8.28. The molecule has 0 radical (unpaired) electrons. The number of carboxylic acid groups (broad SMARTS) is 1. The summed E-state index contributed by atoms with van der Waals surface area (Å²) in [7, 11) is 0. The van der Waals surface area contributed by atoms with Crippen LogP contribution in [0.3, 0.4) is 0 Å². The van der Waals surface area contributed by atoms with Gasteiger partial charge in [0.25, 0.3) is 5.91 Å². The van der Waals surface area contributed by atoms with Crippen LogP contribution in [0.15, 0.2) is 18.2 Å². The lowest BCUT2D eigenvalue weighted by molar-refractivity contribution is -0.136. The van der Waals surface area contributed by atoms with E-state index in [9.17, 15) is 19.2 Å². The van der Waals surface area contributed by atoms with Gasteiger partial charge in [-0.15, -0.1) is 0 Å². The maximum absolute atomic E-state index is 12.8. The predicted molar refractivity (Wildman–Crippen MR) is 99.4 cm³/mol. The summed E-state index contributed by atoms with van der Waals surface area (Å²) in [5.41, 5.74) is 0.991. The normalized spacial score (nSPS) is 19.2. The molecular weight excluding hydrogens is 366 g/mol. The summed E-state index contributed by atoms with van der Waals surface area (Å²) in [6.45, 7) is 2.59. The van der Waals surface area contributed by atoms with Gasteiger partial charge in [-0.3, -0.25) is 14.4 Å². The van der Waals surface area contributed by atoms with Crippen LogP contribution in [0.4, 0.5) is 10.5 Å². The molecule has 3 N–H and O–H groups in total. The molecule has 1 fully saturated rings. The first-order valence-electron chi connectivity index (χ1n) is 9.25. The van der Waals surface area contributed by atoms with E-state index in [2.05, 4.69) is 10.6 Å². The minimum Gasteiger partial charge on any atom is -0.481 e. The fourth-order valence-corrected chi connectivity index (χ4v) is 3.33. The maximum Gasteiger partial charge on any atom is 0.317 e. The topological polar surface area (TPSA) is 125 Å².